The number of allylic oxidation sites excluding steroid dienone is 1. The van der Waals surface area contributed by atoms with Gasteiger partial charge in [-0.1, -0.05) is 68.3 Å². The first-order chi connectivity index (χ1) is 10.8. The maximum atomic E-state index is 6.24. The Morgan fingerprint density at radius 1 is 1.13 bits per heavy atom. The summed E-state index contributed by atoms with van der Waals surface area (Å²) >= 11 is 5.95. The summed E-state index contributed by atoms with van der Waals surface area (Å²) in [5.41, 5.74) is 4.82. The van der Waals surface area contributed by atoms with E-state index in [0.29, 0.717) is 6.61 Å². The molecule has 0 N–H and O–H groups in total. The van der Waals surface area contributed by atoms with Crippen LogP contribution in [0.15, 0.2) is 49.1 Å². The second-order valence-corrected chi connectivity index (χ2v) is 7.40. The van der Waals surface area contributed by atoms with Gasteiger partial charge in [-0.05, 0) is 42.0 Å². The first-order valence-corrected chi connectivity index (χ1v) is 8.31. The Morgan fingerprint density at radius 3 is 2.35 bits per heavy atom. The van der Waals surface area contributed by atoms with Crippen LogP contribution < -0.4 is 4.74 Å². The maximum absolute atomic E-state index is 6.24. The number of hydrogen-bond acceptors (Lipinski definition) is 1. The average Bonchev–Trinajstić information content (AvgIpc) is 2.47. The molecule has 0 aliphatic heterocycles. The average molecular weight is 329 g/mol. The lowest BCUT2D eigenvalue weighted by Crippen LogP contribution is -2.15. The van der Waals surface area contributed by atoms with Gasteiger partial charge >= 0.3 is 0 Å². The number of rotatable bonds is 5. The summed E-state index contributed by atoms with van der Waals surface area (Å²) in [6.45, 7) is 13.2. The molecule has 2 heteroatoms. The number of hydrogen-bond donors (Lipinski definition) is 0. The van der Waals surface area contributed by atoms with Gasteiger partial charge in [-0.2, -0.15) is 0 Å². The molecule has 0 heterocycles. The second-order valence-electron chi connectivity index (χ2n) is 6.96. The number of aryl methyl sites for hydroxylation is 1. The summed E-state index contributed by atoms with van der Waals surface area (Å²) in [5, 5.41) is 0.742. The van der Waals surface area contributed by atoms with E-state index in [2.05, 4.69) is 46.4 Å². The summed E-state index contributed by atoms with van der Waals surface area (Å²) < 4.78 is 6.24. The van der Waals surface area contributed by atoms with Crippen LogP contribution in [0.1, 0.15) is 43.0 Å². The van der Waals surface area contributed by atoms with E-state index in [0.717, 1.165) is 22.8 Å². The molecule has 0 bridgehead atoms. The van der Waals surface area contributed by atoms with Gasteiger partial charge in [0.15, 0.2) is 0 Å². The van der Waals surface area contributed by atoms with Crippen LogP contribution in [0.4, 0.5) is 0 Å². The fourth-order valence-corrected chi connectivity index (χ4v) is 2.75. The molecule has 0 saturated carbocycles. The Balaban J connectivity index is 2.37. The Morgan fingerprint density at radius 2 is 1.78 bits per heavy atom. The van der Waals surface area contributed by atoms with Gasteiger partial charge in [0, 0.05) is 10.6 Å². The molecule has 0 radical (unpaired) electrons. The normalized spacial score (nSPS) is 11.3. The van der Waals surface area contributed by atoms with Crippen molar-refractivity contribution in [2.75, 3.05) is 0 Å². The van der Waals surface area contributed by atoms with Crippen LogP contribution in [-0.2, 0) is 18.4 Å². The van der Waals surface area contributed by atoms with Crippen LogP contribution in [0.2, 0.25) is 5.02 Å². The Bertz CT molecular complexity index is 678. The predicted octanol–water partition coefficient (Wildman–Crippen LogP) is 6.25. The highest BCUT2D eigenvalue weighted by Crippen LogP contribution is 2.36. The number of benzene rings is 2. The number of halogens is 1. The minimum atomic E-state index is 0.0251. The zero-order chi connectivity index (χ0) is 17.0. The van der Waals surface area contributed by atoms with Crippen molar-refractivity contribution in [2.24, 2.45) is 0 Å². The van der Waals surface area contributed by atoms with E-state index < -0.39 is 0 Å². The van der Waals surface area contributed by atoms with Crippen LogP contribution in [-0.4, -0.2) is 0 Å². The van der Waals surface area contributed by atoms with E-state index in [4.69, 9.17) is 16.3 Å². The third kappa shape index (κ3) is 4.62. The molecule has 2 rings (SSSR count). The second kappa shape index (κ2) is 7.23. The monoisotopic (exact) mass is 328 g/mol. The van der Waals surface area contributed by atoms with Crippen molar-refractivity contribution in [3.05, 3.63) is 76.3 Å². The van der Waals surface area contributed by atoms with Crippen LogP contribution >= 0.6 is 11.6 Å². The minimum absolute atomic E-state index is 0.0251. The molecule has 2 aromatic carbocycles. The molecule has 23 heavy (non-hydrogen) atoms. The van der Waals surface area contributed by atoms with Gasteiger partial charge in [0.25, 0.3) is 0 Å². The van der Waals surface area contributed by atoms with Crippen LogP contribution in [0.3, 0.4) is 0 Å². The van der Waals surface area contributed by atoms with E-state index in [1.54, 1.807) is 0 Å². The molecule has 0 saturated heterocycles. The smallest absolute Gasteiger partial charge is 0.127 e. The summed E-state index contributed by atoms with van der Waals surface area (Å²) in [5.74, 6) is 0.984. The van der Waals surface area contributed by atoms with E-state index in [-0.39, 0.29) is 5.41 Å². The SMILES string of the molecule is C=CCc1cc(C)cc(C(C)(C)C)c1OCc1ccc(Cl)cc1. The van der Waals surface area contributed by atoms with Crippen molar-refractivity contribution in [1.29, 1.82) is 0 Å². The lowest BCUT2D eigenvalue weighted by Gasteiger charge is -2.25. The highest BCUT2D eigenvalue weighted by atomic mass is 35.5. The predicted molar refractivity (Wildman–Crippen MR) is 99.6 cm³/mol. The fourth-order valence-electron chi connectivity index (χ4n) is 2.62. The molecule has 0 unspecified atom stereocenters. The lowest BCUT2D eigenvalue weighted by molar-refractivity contribution is 0.294. The Labute approximate surface area is 145 Å². The highest BCUT2D eigenvalue weighted by molar-refractivity contribution is 6.30. The van der Waals surface area contributed by atoms with Gasteiger partial charge in [-0.3, -0.25) is 0 Å². The van der Waals surface area contributed by atoms with Crippen molar-refractivity contribution in [3.8, 4) is 5.75 Å². The van der Waals surface area contributed by atoms with Crippen molar-refractivity contribution >= 4 is 11.6 Å². The molecule has 0 atom stereocenters. The van der Waals surface area contributed by atoms with Gasteiger partial charge in [0.05, 0.1) is 0 Å². The van der Waals surface area contributed by atoms with Gasteiger partial charge in [-0.15, -0.1) is 6.58 Å². The van der Waals surface area contributed by atoms with Crippen molar-refractivity contribution < 1.29 is 4.74 Å². The van der Waals surface area contributed by atoms with Gasteiger partial charge in [0.1, 0.15) is 12.4 Å². The topological polar surface area (TPSA) is 9.23 Å². The summed E-state index contributed by atoms with van der Waals surface area (Å²) in [4.78, 5) is 0. The molecule has 0 aliphatic carbocycles. The molecule has 1 nitrogen and oxygen atoms in total. The number of ether oxygens (including phenoxy) is 1. The van der Waals surface area contributed by atoms with Crippen molar-refractivity contribution in [3.63, 3.8) is 0 Å². The van der Waals surface area contributed by atoms with Crippen molar-refractivity contribution in [2.45, 2.75) is 46.1 Å². The molecule has 0 aliphatic rings. The van der Waals surface area contributed by atoms with Gasteiger partial charge in [-0.25, -0.2) is 0 Å². The minimum Gasteiger partial charge on any atom is -0.488 e. The fraction of sp³-hybridized carbons (Fsp3) is 0.333. The first-order valence-electron chi connectivity index (χ1n) is 7.93. The maximum Gasteiger partial charge on any atom is 0.127 e. The van der Waals surface area contributed by atoms with Crippen LogP contribution in [0.25, 0.3) is 0 Å². The Hall–Kier alpha value is -1.73. The van der Waals surface area contributed by atoms with E-state index in [1.807, 2.05) is 30.3 Å². The molecular weight excluding hydrogens is 304 g/mol. The van der Waals surface area contributed by atoms with E-state index in [9.17, 15) is 0 Å². The summed E-state index contributed by atoms with van der Waals surface area (Å²) in [6.07, 6.45) is 2.73. The van der Waals surface area contributed by atoms with Crippen molar-refractivity contribution in [1.82, 2.24) is 0 Å². The van der Waals surface area contributed by atoms with E-state index >= 15 is 0 Å². The largest absolute Gasteiger partial charge is 0.488 e. The summed E-state index contributed by atoms with van der Waals surface area (Å²) in [7, 11) is 0. The zero-order valence-corrected chi connectivity index (χ0v) is 15.2. The molecule has 0 aromatic heterocycles. The van der Waals surface area contributed by atoms with Crippen LogP contribution in [0, 0.1) is 6.92 Å². The van der Waals surface area contributed by atoms with E-state index in [1.165, 1.54) is 16.7 Å². The van der Waals surface area contributed by atoms with Crippen LogP contribution in [0.5, 0.6) is 5.75 Å². The highest BCUT2D eigenvalue weighted by Gasteiger charge is 2.22. The Kier molecular flexibility index (Phi) is 5.54. The molecule has 2 aromatic rings. The molecule has 122 valence electrons. The van der Waals surface area contributed by atoms with Gasteiger partial charge in [0.2, 0.25) is 0 Å². The zero-order valence-electron chi connectivity index (χ0n) is 14.4. The van der Waals surface area contributed by atoms with Gasteiger partial charge < -0.3 is 4.74 Å². The standard InChI is InChI=1S/C21H25ClO/c1-6-7-17-12-15(2)13-19(21(3,4)5)20(17)23-14-16-8-10-18(22)11-9-16/h6,8-13H,1,7,14H2,2-5H3. The first kappa shape index (κ1) is 17.6. The lowest BCUT2D eigenvalue weighted by atomic mass is 9.83. The third-order valence-electron chi connectivity index (χ3n) is 3.78. The molecule has 0 spiro atoms. The molecule has 0 fully saturated rings. The quantitative estimate of drug-likeness (QED) is 0.589. The molecular formula is C21H25ClO. The molecule has 0 amide bonds. The summed E-state index contributed by atoms with van der Waals surface area (Å²) in [6, 6.07) is 12.2. The third-order valence-corrected chi connectivity index (χ3v) is 4.03.